The molecular formula is C27H32N2O4S2Si. The van der Waals surface area contributed by atoms with Crippen LogP contribution in [-0.4, -0.2) is 24.4 Å². The van der Waals surface area contributed by atoms with Crippen molar-refractivity contribution in [3.8, 4) is 11.5 Å². The van der Waals surface area contributed by atoms with Crippen molar-refractivity contribution in [2.24, 2.45) is 0 Å². The van der Waals surface area contributed by atoms with E-state index in [9.17, 15) is 9.59 Å². The summed E-state index contributed by atoms with van der Waals surface area (Å²) >= 11 is 2.53. The van der Waals surface area contributed by atoms with Crippen LogP contribution in [0.15, 0.2) is 51.8 Å². The van der Waals surface area contributed by atoms with Crippen molar-refractivity contribution >= 4 is 48.6 Å². The zero-order valence-electron chi connectivity index (χ0n) is 21.5. The molecule has 1 aliphatic heterocycles. The summed E-state index contributed by atoms with van der Waals surface area (Å²) in [5.41, 5.74) is 1.90. The summed E-state index contributed by atoms with van der Waals surface area (Å²) in [6.45, 7) is 13.2. The third-order valence-corrected chi connectivity index (χ3v) is 13.1. The molecule has 3 heterocycles. The molecule has 6 nitrogen and oxygen atoms in total. The molecular weight excluding hydrogens is 509 g/mol. The number of imide groups is 1. The van der Waals surface area contributed by atoms with Crippen molar-refractivity contribution in [1.29, 1.82) is 0 Å². The lowest BCUT2D eigenvalue weighted by molar-refractivity contribution is -0.115. The van der Waals surface area contributed by atoms with Crippen molar-refractivity contribution in [3.05, 3.63) is 68.6 Å². The van der Waals surface area contributed by atoms with E-state index in [0.717, 1.165) is 51.4 Å². The predicted molar refractivity (Wildman–Crippen MR) is 149 cm³/mol. The Labute approximate surface area is 221 Å². The molecule has 0 spiro atoms. The average molecular weight is 541 g/mol. The van der Waals surface area contributed by atoms with Gasteiger partial charge < -0.3 is 8.84 Å². The minimum absolute atomic E-state index is 0.0660. The second-order valence-electron chi connectivity index (χ2n) is 10.4. The minimum atomic E-state index is -2.06. The van der Waals surface area contributed by atoms with Gasteiger partial charge in [-0.25, -0.2) is 4.98 Å². The van der Waals surface area contributed by atoms with Gasteiger partial charge in [-0.05, 0) is 80.0 Å². The van der Waals surface area contributed by atoms with Crippen LogP contribution in [0, 0.1) is 6.92 Å². The highest BCUT2D eigenvalue weighted by molar-refractivity contribution is 8.18. The van der Waals surface area contributed by atoms with E-state index in [1.807, 2.05) is 43.3 Å². The predicted octanol–water partition coefficient (Wildman–Crippen LogP) is 7.73. The fourth-order valence-electron chi connectivity index (χ4n) is 3.59. The summed E-state index contributed by atoms with van der Waals surface area (Å²) in [4.78, 5) is 30.7. The van der Waals surface area contributed by atoms with Crippen LogP contribution in [0.5, 0.6) is 0 Å². The molecule has 1 atom stereocenters. The minimum Gasteiger partial charge on any atom is -0.441 e. The molecule has 190 valence electrons. The number of carbonyl (C=O) groups excluding carboxylic acids is 2. The zero-order chi connectivity index (χ0) is 26.1. The molecule has 1 unspecified atom stereocenters. The van der Waals surface area contributed by atoms with E-state index in [4.69, 9.17) is 13.8 Å². The molecule has 0 radical (unpaired) electrons. The summed E-state index contributed by atoms with van der Waals surface area (Å²) in [7, 11) is -2.06. The number of hydrogen-bond donors (Lipinski definition) is 1. The Morgan fingerprint density at radius 3 is 2.50 bits per heavy atom. The monoisotopic (exact) mass is 540 g/mol. The standard InChI is InChI=1S/C27H32N2O4S2Si/c1-17-20(28-25(32-17)18-10-8-7-9-11-18)13-14-21(33-36(5,6)27(2,3)4)22-15-12-19(34-22)16-23-24(30)29-26(31)35-23/h7-12,15-16,21H,13-14H2,1-6H3,(H,29,30,31). The Balaban J connectivity index is 1.57. The largest absolute Gasteiger partial charge is 0.441 e. The van der Waals surface area contributed by atoms with Crippen LogP contribution in [0.4, 0.5) is 4.79 Å². The molecule has 1 saturated heterocycles. The smallest absolute Gasteiger partial charge is 0.290 e. The summed E-state index contributed by atoms with van der Waals surface area (Å²) in [6, 6.07) is 14.0. The van der Waals surface area contributed by atoms with E-state index in [2.05, 4.69) is 45.2 Å². The molecule has 1 aromatic carbocycles. The van der Waals surface area contributed by atoms with Gasteiger partial charge in [0.25, 0.3) is 11.1 Å². The fourth-order valence-corrected chi connectivity index (χ4v) is 6.75. The van der Waals surface area contributed by atoms with Gasteiger partial charge in [-0.3, -0.25) is 14.9 Å². The van der Waals surface area contributed by atoms with Crippen LogP contribution in [-0.2, 0) is 15.6 Å². The van der Waals surface area contributed by atoms with Gasteiger partial charge in [-0.15, -0.1) is 11.3 Å². The first kappa shape index (κ1) is 26.6. The molecule has 2 amide bonds. The van der Waals surface area contributed by atoms with Crippen molar-refractivity contribution in [1.82, 2.24) is 10.3 Å². The third kappa shape index (κ3) is 6.08. The van der Waals surface area contributed by atoms with Crippen LogP contribution < -0.4 is 5.32 Å². The van der Waals surface area contributed by atoms with Crippen LogP contribution in [0.25, 0.3) is 17.5 Å². The van der Waals surface area contributed by atoms with Crippen molar-refractivity contribution in [2.45, 2.75) is 64.8 Å². The van der Waals surface area contributed by atoms with Crippen molar-refractivity contribution < 1.29 is 18.4 Å². The Bertz CT molecular complexity index is 1290. The number of nitrogens with zero attached hydrogens (tertiary/aromatic N) is 1. The second kappa shape index (κ2) is 10.5. The number of oxazole rings is 1. The molecule has 1 N–H and O–H groups in total. The number of thioether (sulfide) groups is 1. The number of nitrogens with one attached hydrogen (secondary N) is 1. The lowest BCUT2D eigenvalue weighted by Crippen LogP contribution is -2.41. The van der Waals surface area contributed by atoms with E-state index in [0.29, 0.717) is 10.8 Å². The Kier molecular flexibility index (Phi) is 7.75. The number of benzene rings is 1. The zero-order valence-corrected chi connectivity index (χ0v) is 24.1. The molecule has 4 rings (SSSR count). The number of carbonyl (C=O) groups is 2. The van der Waals surface area contributed by atoms with E-state index in [1.54, 1.807) is 17.4 Å². The first-order valence-corrected chi connectivity index (χ1v) is 16.5. The van der Waals surface area contributed by atoms with Gasteiger partial charge in [-0.1, -0.05) is 39.0 Å². The number of amides is 2. The second-order valence-corrected chi connectivity index (χ2v) is 17.3. The Hall–Kier alpha value is -2.46. The maximum absolute atomic E-state index is 12.0. The van der Waals surface area contributed by atoms with Gasteiger partial charge in [0.1, 0.15) is 5.76 Å². The van der Waals surface area contributed by atoms with Gasteiger partial charge >= 0.3 is 0 Å². The number of aromatic nitrogens is 1. The van der Waals surface area contributed by atoms with E-state index < -0.39 is 8.32 Å². The van der Waals surface area contributed by atoms with E-state index in [1.165, 1.54) is 0 Å². The Morgan fingerprint density at radius 1 is 1.14 bits per heavy atom. The molecule has 0 aliphatic carbocycles. The topological polar surface area (TPSA) is 81.4 Å². The summed E-state index contributed by atoms with van der Waals surface area (Å²) in [5, 5.41) is 2.04. The number of thiophene rings is 1. The molecule has 0 saturated carbocycles. The molecule has 9 heteroatoms. The van der Waals surface area contributed by atoms with Gasteiger partial charge in [0.05, 0.1) is 16.7 Å². The van der Waals surface area contributed by atoms with E-state index >= 15 is 0 Å². The Morgan fingerprint density at radius 2 is 1.86 bits per heavy atom. The van der Waals surface area contributed by atoms with Crippen LogP contribution in [0.1, 0.15) is 54.5 Å². The van der Waals surface area contributed by atoms with Crippen molar-refractivity contribution in [3.63, 3.8) is 0 Å². The summed E-state index contributed by atoms with van der Waals surface area (Å²) < 4.78 is 12.9. The maximum atomic E-state index is 12.0. The highest BCUT2D eigenvalue weighted by Gasteiger charge is 2.39. The average Bonchev–Trinajstić information content (AvgIpc) is 3.50. The van der Waals surface area contributed by atoms with E-state index in [-0.39, 0.29) is 22.3 Å². The molecule has 2 aromatic heterocycles. The number of hydrogen-bond acceptors (Lipinski definition) is 7. The van der Waals surface area contributed by atoms with Crippen LogP contribution in [0.3, 0.4) is 0 Å². The van der Waals surface area contributed by atoms with Gasteiger partial charge in [0, 0.05) is 15.3 Å². The van der Waals surface area contributed by atoms with Gasteiger partial charge in [-0.2, -0.15) is 0 Å². The fraction of sp³-hybridized carbons (Fsp3) is 0.370. The van der Waals surface area contributed by atoms with Crippen LogP contribution in [0.2, 0.25) is 18.1 Å². The molecule has 1 fully saturated rings. The number of aryl methyl sites for hydroxylation is 2. The lowest BCUT2D eigenvalue weighted by atomic mass is 10.1. The van der Waals surface area contributed by atoms with Gasteiger partial charge in [0.2, 0.25) is 5.89 Å². The normalized spacial score (nSPS) is 16.6. The number of rotatable bonds is 8. The molecule has 36 heavy (non-hydrogen) atoms. The van der Waals surface area contributed by atoms with Crippen LogP contribution >= 0.6 is 23.1 Å². The maximum Gasteiger partial charge on any atom is 0.290 e. The molecule has 3 aromatic rings. The van der Waals surface area contributed by atoms with Crippen molar-refractivity contribution in [2.75, 3.05) is 0 Å². The highest BCUT2D eigenvalue weighted by Crippen LogP contribution is 2.42. The summed E-state index contributed by atoms with van der Waals surface area (Å²) in [6.07, 6.45) is 3.16. The van der Waals surface area contributed by atoms with Gasteiger partial charge in [0.15, 0.2) is 8.32 Å². The quantitative estimate of drug-likeness (QED) is 0.233. The first-order valence-electron chi connectivity index (χ1n) is 12.0. The third-order valence-electron chi connectivity index (χ3n) is 6.68. The highest BCUT2D eigenvalue weighted by atomic mass is 32.2. The molecule has 0 bridgehead atoms. The SMILES string of the molecule is Cc1oc(-c2ccccc2)nc1CCC(O[Si](C)(C)C(C)(C)C)c1ccc(C=C2SC(=O)NC2=O)s1. The first-order chi connectivity index (χ1) is 16.9. The summed E-state index contributed by atoms with van der Waals surface area (Å²) in [5.74, 6) is 1.12. The lowest BCUT2D eigenvalue weighted by Gasteiger charge is -2.39. The molecule has 1 aliphatic rings.